The minimum atomic E-state index is -0.604. The molecular weight excluding hydrogens is 326 g/mol. The molecule has 1 heterocycles. The molecule has 1 aliphatic rings. The summed E-state index contributed by atoms with van der Waals surface area (Å²) < 4.78 is 0. The summed E-state index contributed by atoms with van der Waals surface area (Å²) in [6.07, 6.45) is 2.76. The van der Waals surface area contributed by atoms with E-state index in [1.165, 1.54) is 0 Å². The third-order valence-corrected chi connectivity index (χ3v) is 5.43. The molecule has 5 nitrogen and oxygen atoms in total. The van der Waals surface area contributed by atoms with Crippen molar-refractivity contribution in [1.82, 2.24) is 5.32 Å². The van der Waals surface area contributed by atoms with Crippen LogP contribution in [-0.2, 0) is 9.59 Å². The Morgan fingerprint density at radius 3 is 2.62 bits per heavy atom. The lowest BCUT2D eigenvalue weighted by molar-refractivity contribution is -0.135. The third kappa shape index (κ3) is 3.57. The van der Waals surface area contributed by atoms with E-state index < -0.39 is 11.5 Å². The first-order valence-corrected chi connectivity index (χ1v) is 8.93. The highest BCUT2D eigenvalue weighted by Crippen LogP contribution is 2.30. The number of halogens is 1. The van der Waals surface area contributed by atoms with Gasteiger partial charge in [-0.1, -0.05) is 37.6 Å². The average Bonchev–Trinajstić information content (AvgIpc) is 2.60. The highest BCUT2D eigenvalue weighted by atomic mass is 35.5. The van der Waals surface area contributed by atoms with Gasteiger partial charge in [-0.25, -0.2) is 0 Å². The summed E-state index contributed by atoms with van der Waals surface area (Å²) in [5.41, 5.74) is 5.92. The predicted octanol–water partition coefficient (Wildman–Crippen LogP) is 2.72. The van der Waals surface area contributed by atoms with E-state index in [9.17, 15) is 9.59 Å². The Morgan fingerprint density at radius 1 is 1.38 bits per heavy atom. The van der Waals surface area contributed by atoms with Gasteiger partial charge in [0.25, 0.3) is 0 Å². The smallest absolute Gasteiger partial charge is 0.249 e. The summed E-state index contributed by atoms with van der Waals surface area (Å²) in [7, 11) is 0. The fourth-order valence-electron chi connectivity index (χ4n) is 3.18. The van der Waals surface area contributed by atoms with E-state index in [0.29, 0.717) is 36.5 Å². The van der Waals surface area contributed by atoms with Gasteiger partial charge in [-0.2, -0.15) is 0 Å². The first-order valence-electron chi connectivity index (χ1n) is 8.56. The number of amides is 2. The fourth-order valence-corrected chi connectivity index (χ4v) is 3.42. The van der Waals surface area contributed by atoms with E-state index in [0.717, 1.165) is 6.42 Å². The quantitative estimate of drug-likeness (QED) is 0.827. The van der Waals surface area contributed by atoms with Crippen LogP contribution >= 0.6 is 11.6 Å². The number of nitrogens with one attached hydrogen (secondary N) is 1. The normalized spacial score (nSPS) is 18.6. The van der Waals surface area contributed by atoms with Crippen LogP contribution in [0.15, 0.2) is 24.3 Å². The molecule has 0 spiro atoms. The second-order valence-corrected chi connectivity index (χ2v) is 6.71. The van der Waals surface area contributed by atoms with Gasteiger partial charge in [-0.3, -0.25) is 9.59 Å². The second kappa shape index (κ2) is 7.99. The minimum absolute atomic E-state index is 0.110. The molecule has 0 saturated carbocycles. The van der Waals surface area contributed by atoms with E-state index in [-0.39, 0.29) is 18.4 Å². The maximum atomic E-state index is 12.8. The molecule has 1 atom stereocenters. The molecule has 1 aromatic rings. The minimum Gasteiger partial charge on any atom is -0.344 e. The Labute approximate surface area is 148 Å². The highest BCUT2D eigenvalue weighted by Gasteiger charge is 2.38. The van der Waals surface area contributed by atoms with Crippen LogP contribution in [0.3, 0.4) is 0 Å². The van der Waals surface area contributed by atoms with Crippen molar-refractivity contribution in [3.05, 3.63) is 29.3 Å². The lowest BCUT2D eigenvalue weighted by Crippen LogP contribution is -2.56. The van der Waals surface area contributed by atoms with Gasteiger partial charge in [0.15, 0.2) is 0 Å². The molecule has 6 heteroatoms. The van der Waals surface area contributed by atoms with Crippen LogP contribution in [0.2, 0.25) is 5.02 Å². The Kier molecular flexibility index (Phi) is 6.24. The topological polar surface area (TPSA) is 75.4 Å². The van der Waals surface area contributed by atoms with Crippen LogP contribution in [0, 0.1) is 5.41 Å². The summed E-state index contributed by atoms with van der Waals surface area (Å²) in [6, 6.07) is 6.75. The van der Waals surface area contributed by atoms with E-state index in [2.05, 4.69) is 5.32 Å². The lowest BCUT2D eigenvalue weighted by atomic mass is 9.81. The van der Waals surface area contributed by atoms with E-state index in [4.69, 9.17) is 17.3 Å². The SMILES string of the molecule is CCC(CC)(CN)C(=O)NC1CCCN(c2ccccc2Cl)C1=O. The van der Waals surface area contributed by atoms with Gasteiger partial charge >= 0.3 is 0 Å². The molecule has 0 bridgehead atoms. The number of hydrogen-bond donors (Lipinski definition) is 2. The Morgan fingerprint density at radius 2 is 2.04 bits per heavy atom. The fraction of sp³-hybridized carbons (Fsp3) is 0.556. The Bertz CT molecular complexity index is 593. The number of carbonyl (C=O) groups is 2. The van der Waals surface area contributed by atoms with Crippen molar-refractivity contribution >= 4 is 29.1 Å². The summed E-state index contributed by atoms with van der Waals surface area (Å²) in [6.45, 7) is 4.79. The number of nitrogens with zero attached hydrogens (tertiary/aromatic N) is 1. The third-order valence-electron chi connectivity index (χ3n) is 5.11. The highest BCUT2D eigenvalue weighted by molar-refractivity contribution is 6.33. The molecule has 132 valence electrons. The van der Waals surface area contributed by atoms with Crippen molar-refractivity contribution in [3.63, 3.8) is 0 Å². The van der Waals surface area contributed by atoms with Gasteiger partial charge in [0.2, 0.25) is 11.8 Å². The largest absolute Gasteiger partial charge is 0.344 e. The molecule has 1 saturated heterocycles. The van der Waals surface area contributed by atoms with Crippen LogP contribution in [-0.4, -0.2) is 30.9 Å². The Balaban J connectivity index is 2.16. The predicted molar refractivity (Wildman–Crippen MR) is 97.0 cm³/mol. The summed E-state index contributed by atoms with van der Waals surface area (Å²) >= 11 is 6.22. The van der Waals surface area contributed by atoms with Crippen LogP contribution < -0.4 is 16.0 Å². The number of nitrogens with two attached hydrogens (primary N) is 1. The molecule has 1 unspecified atom stereocenters. The van der Waals surface area contributed by atoms with Crippen LogP contribution in [0.25, 0.3) is 0 Å². The maximum absolute atomic E-state index is 12.8. The number of rotatable bonds is 6. The molecule has 24 heavy (non-hydrogen) atoms. The molecule has 0 aliphatic carbocycles. The molecule has 1 aromatic carbocycles. The molecule has 2 rings (SSSR count). The molecule has 1 fully saturated rings. The number of carbonyl (C=O) groups excluding carboxylic acids is 2. The standard InChI is InChI=1S/C18H26ClN3O2/c1-3-18(4-2,12-20)17(24)21-14-9-7-11-22(16(14)23)15-10-6-5-8-13(15)19/h5-6,8,10,14H,3-4,7,9,11-12,20H2,1-2H3,(H,21,24). The van der Waals surface area contributed by atoms with Gasteiger partial charge in [0.05, 0.1) is 16.1 Å². The zero-order valence-electron chi connectivity index (χ0n) is 14.3. The zero-order valence-corrected chi connectivity index (χ0v) is 15.1. The van der Waals surface area contributed by atoms with Gasteiger partial charge < -0.3 is 16.0 Å². The summed E-state index contributed by atoms with van der Waals surface area (Å²) in [4.78, 5) is 27.2. The molecule has 2 amide bonds. The van der Waals surface area contributed by atoms with Crippen LogP contribution in [0.1, 0.15) is 39.5 Å². The number of para-hydroxylation sites is 1. The number of benzene rings is 1. The Hall–Kier alpha value is -1.59. The maximum Gasteiger partial charge on any atom is 0.249 e. The lowest BCUT2D eigenvalue weighted by Gasteiger charge is -2.36. The molecule has 0 radical (unpaired) electrons. The molecule has 3 N–H and O–H groups in total. The molecule has 0 aromatic heterocycles. The van der Waals surface area contributed by atoms with E-state index in [1.54, 1.807) is 11.0 Å². The van der Waals surface area contributed by atoms with E-state index >= 15 is 0 Å². The first kappa shape index (κ1) is 18.7. The van der Waals surface area contributed by atoms with Crippen molar-refractivity contribution < 1.29 is 9.59 Å². The van der Waals surface area contributed by atoms with E-state index in [1.807, 2.05) is 32.0 Å². The monoisotopic (exact) mass is 351 g/mol. The first-order chi connectivity index (χ1) is 11.5. The van der Waals surface area contributed by atoms with Gasteiger partial charge in [0, 0.05) is 13.1 Å². The van der Waals surface area contributed by atoms with Crippen molar-refractivity contribution in [3.8, 4) is 0 Å². The van der Waals surface area contributed by atoms with Crippen molar-refractivity contribution in [2.75, 3.05) is 18.0 Å². The zero-order chi connectivity index (χ0) is 17.7. The van der Waals surface area contributed by atoms with Crippen molar-refractivity contribution in [1.29, 1.82) is 0 Å². The van der Waals surface area contributed by atoms with Gasteiger partial charge in [-0.05, 0) is 37.8 Å². The second-order valence-electron chi connectivity index (χ2n) is 6.30. The van der Waals surface area contributed by atoms with Gasteiger partial charge in [-0.15, -0.1) is 0 Å². The molecule has 1 aliphatic heterocycles. The number of piperidine rings is 1. The van der Waals surface area contributed by atoms with Crippen molar-refractivity contribution in [2.45, 2.75) is 45.6 Å². The summed E-state index contributed by atoms with van der Waals surface area (Å²) in [5.74, 6) is -0.241. The van der Waals surface area contributed by atoms with Gasteiger partial charge in [0.1, 0.15) is 6.04 Å². The number of anilines is 1. The van der Waals surface area contributed by atoms with Crippen LogP contribution in [0.4, 0.5) is 5.69 Å². The number of hydrogen-bond acceptors (Lipinski definition) is 3. The molecular formula is C18H26ClN3O2. The summed E-state index contributed by atoms with van der Waals surface area (Å²) in [5, 5.41) is 3.47. The van der Waals surface area contributed by atoms with Crippen molar-refractivity contribution in [2.24, 2.45) is 11.1 Å². The average molecular weight is 352 g/mol. The van der Waals surface area contributed by atoms with Crippen LogP contribution in [0.5, 0.6) is 0 Å².